The molecule has 0 amide bonds. The van der Waals surface area contributed by atoms with Crippen LogP contribution in [-0.2, 0) is 0 Å². The molecule has 0 radical (unpaired) electrons. The molecule has 0 fully saturated rings. The summed E-state index contributed by atoms with van der Waals surface area (Å²) in [6.07, 6.45) is 3.70. The van der Waals surface area contributed by atoms with Crippen molar-refractivity contribution in [3.05, 3.63) is 110 Å². The summed E-state index contributed by atoms with van der Waals surface area (Å²) >= 11 is 0. The average molecular weight is 411 g/mol. The zero-order valence-corrected chi connectivity index (χ0v) is 17.2. The van der Waals surface area contributed by atoms with Crippen molar-refractivity contribution in [3.63, 3.8) is 0 Å². The molecule has 154 valence electrons. The fourth-order valence-corrected chi connectivity index (χ4v) is 3.40. The van der Waals surface area contributed by atoms with Crippen molar-refractivity contribution in [1.29, 1.82) is 0 Å². The normalized spacial score (nSPS) is 11.5. The molecule has 0 aliphatic rings. The first kappa shape index (κ1) is 20.2. The van der Waals surface area contributed by atoms with E-state index in [4.69, 9.17) is 0 Å². The molecule has 0 saturated heterocycles. The molecule has 0 atom stereocenters. The Labute approximate surface area is 179 Å². The molecule has 1 aromatic heterocycles. The van der Waals surface area contributed by atoms with Crippen LogP contribution in [0.4, 0.5) is 5.69 Å². The first-order chi connectivity index (χ1) is 14.9. The van der Waals surface area contributed by atoms with Gasteiger partial charge in [0.2, 0.25) is 0 Å². The first-order valence-electron chi connectivity index (χ1n) is 9.99. The summed E-state index contributed by atoms with van der Waals surface area (Å²) in [4.78, 5) is 28.5. The van der Waals surface area contributed by atoms with Crippen LogP contribution in [0.15, 0.2) is 77.6 Å². The highest BCUT2D eigenvalue weighted by molar-refractivity contribution is 5.80. The Kier molecular flexibility index (Phi) is 5.45. The molecule has 0 spiro atoms. The van der Waals surface area contributed by atoms with Crippen LogP contribution in [0.1, 0.15) is 36.7 Å². The topological polar surface area (TPSA) is 78.0 Å². The van der Waals surface area contributed by atoms with E-state index in [0.717, 1.165) is 5.56 Å². The Balaban J connectivity index is 1.84. The van der Waals surface area contributed by atoms with Gasteiger partial charge in [-0.2, -0.15) is 0 Å². The summed E-state index contributed by atoms with van der Waals surface area (Å²) in [6, 6.07) is 21.3. The number of nitrogens with zero attached hydrogens (tertiary/aromatic N) is 3. The van der Waals surface area contributed by atoms with Crippen molar-refractivity contribution < 1.29 is 4.92 Å². The maximum Gasteiger partial charge on any atom is 0.269 e. The number of hydrogen-bond acceptors (Lipinski definition) is 4. The lowest BCUT2D eigenvalue weighted by molar-refractivity contribution is -0.384. The Hall–Kier alpha value is -4.06. The lowest BCUT2D eigenvalue weighted by Gasteiger charge is -2.11. The second-order valence-electron chi connectivity index (χ2n) is 7.56. The van der Waals surface area contributed by atoms with E-state index in [-0.39, 0.29) is 11.2 Å². The Morgan fingerprint density at radius 3 is 2.26 bits per heavy atom. The molecular formula is C25H21N3O3. The number of benzene rings is 3. The molecule has 4 rings (SSSR count). The zero-order valence-electron chi connectivity index (χ0n) is 17.2. The van der Waals surface area contributed by atoms with Gasteiger partial charge in [-0.05, 0) is 47.4 Å². The molecule has 6 heteroatoms. The Bertz CT molecular complexity index is 1340. The third kappa shape index (κ3) is 4.14. The third-order valence-electron chi connectivity index (χ3n) is 5.15. The molecule has 3 aromatic carbocycles. The van der Waals surface area contributed by atoms with E-state index in [1.54, 1.807) is 36.4 Å². The largest absolute Gasteiger partial charge is 0.269 e. The van der Waals surface area contributed by atoms with Crippen molar-refractivity contribution >= 4 is 28.7 Å². The van der Waals surface area contributed by atoms with Gasteiger partial charge in [-0.3, -0.25) is 19.5 Å². The van der Waals surface area contributed by atoms with Gasteiger partial charge in [-0.25, -0.2) is 4.98 Å². The van der Waals surface area contributed by atoms with E-state index in [0.29, 0.717) is 28.3 Å². The molecule has 1 heterocycles. The standard InChI is InChI=1S/C25H21N3O3/c1-17(2)19-10-7-18(8-11-19)9-16-24-26-23-6-4-3-5-22(23)25(29)27(24)20-12-14-21(15-13-20)28(30)31/h3-17H,1-2H3. The van der Waals surface area contributed by atoms with Crippen molar-refractivity contribution in [2.24, 2.45) is 0 Å². The quantitative estimate of drug-likeness (QED) is 0.317. The molecule has 0 aliphatic carbocycles. The van der Waals surface area contributed by atoms with Crippen molar-refractivity contribution in [2.45, 2.75) is 19.8 Å². The minimum absolute atomic E-state index is 0.0344. The lowest BCUT2D eigenvalue weighted by Crippen LogP contribution is -2.22. The molecule has 0 aliphatic heterocycles. The number of fused-ring (bicyclic) bond motifs is 1. The molecule has 0 saturated carbocycles. The number of aromatic nitrogens is 2. The highest BCUT2D eigenvalue weighted by Gasteiger charge is 2.12. The molecular weight excluding hydrogens is 390 g/mol. The number of non-ortho nitro benzene ring substituents is 1. The van der Waals surface area contributed by atoms with Gasteiger partial charge in [-0.1, -0.05) is 56.3 Å². The van der Waals surface area contributed by atoms with Crippen LogP contribution in [0.25, 0.3) is 28.7 Å². The zero-order chi connectivity index (χ0) is 22.0. The molecule has 0 bridgehead atoms. The second kappa shape index (κ2) is 8.36. The van der Waals surface area contributed by atoms with Crippen LogP contribution < -0.4 is 5.56 Å². The molecule has 0 unspecified atom stereocenters. The summed E-state index contributed by atoms with van der Waals surface area (Å²) in [7, 11) is 0. The number of nitro benzene ring substituents is 1. The molecule has 31 heavy (non-hydrogen) atoms. The van der Waals surface area contributed by atoms with Crippen LogP contribution in [0.3, 0.4) is 0 Å². The van der Waals surface area contributed by atoms with E-state index in [2.05, 4.69) is 31.0 Å². The second-order valence-corrected chi connectivity index (χ2v) is 7.56. The van der Waals surface area contributed by atoms with Gasteiger partial charge in [-0.15, -0.1) is 0 Å². The van der Waals surface area contributed by atoms with E-state index >= 15 is 0 Å². The van der Waals surface area contributed by atoms with E-state index < -0.39 is 4.92 Å². The van der Waals surface area contributed by atoms with Gasteiger partial charge in [0.15, 0.2) is 0 Å². The molecule has 6 nitrogen and oxygen atoms in total. The van der Waals surface area contributed by atoms with Crippen LogP contribution in [0.5, 0.6) is 0 Å². The van der Waals surface area contributed by atoms with Crippen molar-refractivity contribution in [2.75, 3.05) is 0 Å². The van der Waals surface area contributed by atoms with Crippen molar-refractivity contribution in [3.8, 4) is 5.69 Å². The number of nitro groups is 1. The summed E-state index contributed by atoms with van der Waals surface area (Å²) in [6.45, 7) is 4.29. The van der Waals surface area contributed by atoms with Gasteiger partial charge < -0.3 is 0 Å². The van der Waals surface area contributed by atoms with Crippen LogP contribution in [0, 0.1) is 10.1 Å². The Morgan fingerprint density at radius 2 is 1.61 bits per heavy atom. The molecule has 0 N–H and O–H groups in total. The lowest BCUT2D eigenvalue weighted by atomic mass is 10.0. The summed E-state index contributed by atoms with van der Waals surface area (Å²) in [5, 5.41) is 11.5. The van der Waals surface area contributed by atoms with Crippen LogP contribution in [0.2, 0.25) is 0 Å². The van der Waals surface area contributed by atoms with Gasteiger partial charge in [0.1, 0.15) is 5.82 Å². The summed E-state index contributed by atoms with van der Waals surface area (Å²) in [5.74, 6) is 0.901. The predicted octanol–water partition coefficient (Wildman–Crippen LogP) is 5.59. The Morgan fingerprint density at radius 1 is 0.935 bits per heavy atom. The predicted molar refractivity (Wildman–Crippen MR) is 123 cm³/mol. The number of hydrogen-bond donors (Lipinski definition) is 0. The van der Waals surface area contributed by atoms with Gasteiger partial charge >= 0.3 is 0 Å². The number of para-hydroxylation sites is 1. The highest BCUT2D eigenvalue weighted by Crippen LogP contribution is 2.19. The van der Waals surface area contributed by atoms with Crippen LogP contribution >= 0.6 is 0 Å². The highest BCUT2D eigenvalue weighted by atomic mass is 16.6. The maximum absolute atomic E-state index is 13.3. The van der Waals surface area contributed by atoms with Gasteiger partial charge in [0.05, 0.1) is 21.5 Å². The van der Waals surface area contributed by atoms with E-state index in [9.17, 15) is 14.9 Å². The van der Waals surface area contributed by atoms with E-state index in [1.165, 1.54) is 22.3 Å². The van der Waals surface area contributed by atoms with Gasteiger partial charge in [0, 0.05) is 12.1 Å². The fourth-order valence-electron chi connectivity index (χ4n) is 3.40. The van der Waals surface area contributed by atoms with E-state index in [1.807, 2.05) is 24.3 Å². The maximum atomic E-state index is 13.3. The van der Waals surface area contributed by atoms with Crippen molar-refractivity contribution in [1.82, 2.24) is 9.55 Å². The van der Waals surface area contributed by atoms with Gasteiger partial charge in [0.25, 0.3) is 11.2 Å². The minimum atomic E-state index is -0.465. The molecule has 4 aromatic rings. The monoisotopic (exact) mass is 411 g/mol. The fraction of sp³-hybridized carbons (Fsp3) is 0.120. The van der Waals surface area contributed by atoms with Crippen LogP contribution in [-0.4, -0.2) is 14.5 Å². The number of rotatable bonds is 5. The SMILES string of the molecule is CC(C)c1ccc(C=Cc2nc3ccccc3c(=O)n2-c2ccc([N+](=O)[O-])cc2)cc1. The minimum Gasteiger partial charge on any atom is -0.268 e. The average Bonchev–Trinajstić information content (AvgIpc) is 2.78. The smallest absolute Gasteiger partial charge is 0.268 e. The third-order valence-corrected chi connectivity index (χ3v) is 5.15. The summed E-state index contributed by atoms with van der Waals surface area (Å²) in [5.41, 5.74) is 3.09. The summed E-state index contributed by atoms with van der Waals surface area (Å²) < 4.78 is 1.48. The first-order valence-corrected chi connectivity index (χ1v) is 9.99.